The number of hydrogen-bond acceptors (Lipinski definition) is 5. The molecule has 0 radical (unpaired) electrons. The van der Waals surface area contributed by atoms with Crippen molar-refractivity contribution in [3.05, 3.63) is 65.2 Å². The molecule has 0 aliphatic carbocycles. The summed E-state index contributed by atoms with van der Waals surface area (Å²) in [5.74, 6) is -0.390. The first-order chi connectivity index (χ1) is 13.5. The first-order valence-electron chi connectivity index (χ1n) is 9.14. The van der Waals surface area contributed by atoms with Crippen LogP contribution in [0.1, 0.15) is 42.3 Å². The molecule has 0 unspecified atom stereocenters. The lowest BCUT2D eigenvalue weighted by Crippen LogP contribution is -2.45. The fourth-order valence-corrected chi connectivity index (χ4v) is 2.59. The van der Waals surface area contributed by atoms with E-state index in [1.54, 1.807) is 48.5 Å². The maximum Gasteiger partial charge on any atom is 0.329 e. The Hall–Kier alpha value is -3.33. The number of hydrogen-bond donors (Lipinski definition) is 1. The topological polar surface area (TPSA) is 88.4 Å². The molecule has 1 N–H and O–H groups in total. The molecule has 0 aliphatic rings. The van der Waals surface area contributed by atoms with Crippen LogP contribution in [0, 0.1) is 17.2 Å². The van der Waals surface area contributed by atoms with Crippen LogP contribution in [-0.4, -0.2) is 24.5 Å². The minimum absolute atomic E-state index is 0.0231. The van der Waals surface area contributed by atoms with Crippen molar-refractivity contribution in [1.82, 2.24) is 5.32 Å². The summed E-state index contributed by atoms with van der Waals surface area (Å²) < 4.78 is 10.7. The lowest BCUT2D eigenvalue weighted by molar-refractivity contribution is -0.148. The minimum atomic E-state index is -0.798. The van der Waals surface area contributed by atoms with Gasteiger partial charge in [-0.1, -0.05) is 32.0 Å². The fraction of sp³-hybridized carbons (Fsp3) is 0.318. The lowest BCUT2D eigenvalue weighted by atomic mass is 10.0. The number of nitriles is 1. The molecule has 0 bridgehead atoms. The summed E-state index contributed by atoms with van der Waals surface area (Å²) in [6, 6.07) is 14.9. The molecular formula is C22H24N2O4. The van der Waals surface area contributed by atoms with Crippen LogP contribution < -0.4 is 10.1 Å². The van der Waals surface area contributed by atoms with Gasteiger partial charge >= 0.3 is 5.97 Å². The zero-order valence-electron chi connectivity index (χ0n) is 16.3. The third-order valence-corrected chi connectivity index (χ3v) is 4.14. The first kappa shape index (κ1) is 21.0. The summed E-state index contributed by atoms with van der Waals surface area (Å²) >= 11 is 0. The average molecular weight is 380 g/mol. The molecule has 28 heavy (non-hydrogen) atoms. The summed E-state index contributed by atoms with van der Waals surface area (Å²) in [6.45, 7) is 6.06. The highest BCUT2D eigenvalue weighted by atomic mass is 16.5. The Balaban J connectivity index is 2.02. The fourth-order valence-electron chi connectivity index (χ4n) is 2.59. The average Bonchev–Trinajstić information content (AvgIpc) is 2.70. The summed E-state index contributed by atoms with van der Waals surface area (Å²) in [5.41, 5.74) is 1.50. The molecule has 0 fully saturated rings. The van der Waals surface area contributed by atoms with Crippen molar-refractivity contribution < 1.29 is 19.1 Å². The van der Waals surface area contributed by atoms with Crippen LogP contribution in [0.2, 0.25) is 0 Å². The van der Waals surface area contributed by atoms with Crippen molar-refractivity contribution in [1.29, 1.82) is 5.26 Å². The van der Waals surface area contributed by atoms with E-state index in [1.165, 1.54) is 0 Å². The van der Waals surface area contributed by atoms with Crippen molar-refractivity contribution in [2.24, 2.45) is 5.92 Å². The number of esters is 1. The van der Waals surface area contributed by atoms with Crippen molar-refractivity contribution in [2.75, 3.05) is 6.61 Å². The molecule has 2 aromatic rings. The number of carbonyl (C=O) groups is 2. The molecule has 6 heteroatoms. The van der Waals surface area contributed by atoms with Gasteiger partial charge in [-0.05, 0) is 43.2 Å². The van der Waals surface area contributed by atoms with Gasteiger partial charge in [0.25, 0.3) is 5.91 Å². The number of benzene rings is 2. The number of nitrogens with one attached hydrogen (secondary N) is 1. The van der Waals surface area contributed by atoms with E-state index in [-0.39, 0.29) is 18.4 Å². The van der Waals surface area contributed by atoms with Crippen molar-refractivity contribution in [3.63, 3.8) is 0 Å². The number of ether oxygens (including phenoxy) is 2. The third-order valence-electron chi connectivity index (χ3n) is 4.14. The smallest absolute Gasteiger partial charge is 0.329 e. The summed E-state index contributed by atoms with van der Waals surface area (Å²) in [4.78, 5) is 25.0. The molecular weight excluding hydrogens is 356 g/mol. The second-order valence-electron chi connectivity index (χ2n) is 6.53. The molecule has 2 aromatic carbocycles. The predicted molar refractivity (Wildman–Crippen MR) is 105 cm³/mol. The maximum absolute atomic E-state index is 12.5. The highest BCUT2D eigenvalue weighted by molar-refractivity contribution is 5.96. The van der Waals surface area contributed by atoms with E-state index < -0.39 is 12.0 Å². The first-order valence-corrected chi connectivity index (χ1v) is 9.14. The number of amides is 1. The molecule has 1 atom stereocenters. The Bertz CT molecular complexity index is 854. The minimum Gasteiger partial charge on any atom is -0.494 e. The van der Waals surface area contributed by atoms with E-state index in [1.807, 2.05) is 20.8 Å². The third kappa shape index (κ3) is 5.58. The molecule has 0 aromatic heterocycles. The zero-order valence-corrected chi connectivity index (χ0v) is 16.3. The maximum atomic E-state index is 12.5. The SMILES string of the molecule is CCOc1ccc(C(=O)N[C@H](C(=O)OCc2ccccc2C#N)C(C)C)cc1. The van der Waals surface area contributed by atoms with Gasteiger partial charge in [-0.2, -0.15) is 5.26 Å². The van der Waals surface area contributed by atoms with E-state index in [2.05, 4.69) is 11.4 Å². The van der Waals surface area contributed by atoms with Crippen LogP contribution in [0.15, 0.2) is 48.5 Å². The lowest BCUT2D eigenvalue weighted by Gasteiger charge is -2.21. The van der Waals surface area contributed by atoms with Crippen LogP contribution >= 0.6 is 0 Å². The van der Waals surface area contributed by atoms with Gasteiger partial charge in [0.1, 0.15) is 18.4 Å². The second-order valence-corrected chi connectivity index (χ2v) is 6.53. The molecule has 0 saturated heterocycles. The molecule has 6 nitrogen and oxygen atoms in total. The highest BCUT2D eigenvalue weighted by Gasteiger charge is 2.26. The van der Waals surface area contributed by atoms with Gasteiger partial charge in [0, 0.05) is 11.1 Å². The van der Waals surface area contributed by atoms with Crippen molar-refractivity contribution in [3.8, 4) is 11.8 Å². The number of rotatable bonds is 8. The van der Waals surface area contributed by atoms with Crippen LogP contribution in [0.3, 0.4) is 0 Å². The van der Waals surface area contributed by atoms with Crippen LogP contribution in [-0.2, 0) is 16.1 Å². The summed E-state index contributed by atoms with van der Waals surface area (Å²) in [7, 11) is 0. The van der Waals surface area contributed by atoms with Gasteiger partial charge in [-0.3, -0.25) is 4.79 Å². The van der Waals surface area contributed by atoms with Crippen LogP contribution in [0.4, 0.5) is 0 Å². The van der Waals surface area contributed by atoms with Gasteiger partial charge in [0.15, 0.2) is 0 Å². The quantitative estimate of drug-likeness (QED) is 0.709. The van der Waals surface area contributed by atoms with E-state index in [9.17, 15) is 9.59 Å². The molecule has 0 heterocycles. The molecule has 0 aliphatic heterocycles. The molecule has 0 saturated carbocycles. The Morgan fingerprint density at radius 1 is 1.11 bits per heavy atom. The van der Waals surface area contributed by atoms with E-state index in [0.29, 0.717) is 29.0 Å². The van der Waals surface area contributed by atoms with Gasteiger partial charge < -0.3 is 14.8 Å². The standard InChI is InChI=1S/C22H24N2O4/c1-4-27-19-11-9-16(10-12-19)21(25)24-20(15(2)3)22(26)28-14-18-8-6-5-7-17(18)13-23/h5-12,15,20H,4,14H2,1-3H3,(H,24,25)/t20-/m0/s1. The van der Waals surface area contributed by atoms with E-state index >= 15 is 0 Å². The molecule has 0 spiro atoms. The van der Waals surface area contributed by atoms with E-state index in [4.69, 9.17) is 14.7 Å². The van der Waals surface area contributed by atoms with Gasteiger partial charge in [-0.15, -0.1) is 0 Å². The molecule has 2 rings (SSSR count). The number of carbonyl (C=O) groups excluding carboxylic acids is 2. The molecule has 1 amide bonds. The Labute approximate surface area is 165 Å². The monoisotopic (exact) mass is 380 g/mol. The normalized spacial score (nSPS) is 11.4. The van der Waals surface area contributed by atoms with Crippen molar-refractivity contribution >= 4 is 11.9 Å². The number of nitrogens with zero attached hydrogens (tertiary/aromatic N) is 1. The van der Waals surface area contributed by atoms with Gasteiger partial charge in [0.2, 0.25) is 0 Å². The molecule has 146 valence electrons. The zero-order chi connectivity index (χ0) is 20.5. The van der Waals surface area contributed by atoms with Crippen LogP contribution in [0.5, 0.6) is 5.75 Å². The van der Waals surface area contributed by atoms with Crippen molar-refractivity contribution in [2.45, 2.75) is 33.4 Å². The van der Waals surface area contributed by atoms with Gasteiger partial charge in [0.05, 0.1) is 18.2 Å². The Kier molecular flexibility index (Phi) is 7.58. The van der Waals surface area contributed by atoms with E-state index in [0.717, 1.165) is 0 Å². The highest BCUT2D eigenvalue weighted by Crippen LogP contribution is 2.14. The summed E-state index contributed by atoms with van der Waals surface area (Å²) in [5, 5.41) is 11.9. The Morgan fingerprint density at radius 3 is 2.39 bits per heavy atom. The van der Waals surface area contributed by atoms with Gasteiger partial charge in [-0.25, -0.2) is 4.79 Å². The Morgan fingerprint density at radius 2 is 1.79 bits per heavy atom. The predicted octanol–water partition coefficient (Wildman–Crippen LogP) is 3.45. The second kappa shape index (κ2) is 10.1. The summed E-state index contributed by atoms with van der Waals surface area (Å²) in [6.07, 6.45) is 0. The largest absolute Gasteiger partial charge is 0.494 e. The van der Waals surface area contributed by atoms with Crippen LogP contribution in [0.25, 0.3) is 0 Å².